The fraction of sp³-hybridized carbons (Fsp3) is 0.0556. The Morgan fingerprint density at radius 2 is 1.84 bits per heavy atom. The lowest BCUT2D eigenvalue weighted by Crippen LogP contribution is -2.23. The molecule has 0 saturated carbocycles. The minimum Gasteiger partial charge on any atom is -0.266 e. The van der Waals surface area contributed by atoms with Crippen molar-refractivity contribution >= 4 is 34.1 Å². The van der Waals surface area contributed by atoms with Gasteiger partial charge in [-0.05, 0) is 54.3 Å². The van der Waals surface area contributed by atoms with Crippen molar-refractivity contribution in [1.82, 2.24) is 14.6 Å². The second-order valence-electron chi connectivity index (χ2n) is 5.33. The lowest BCUT2D eigenvalue weighted by atomic mass is 10.2. The lowest BCUT2D eigenvalue weighted by Gasteiger charge is -1.95. The molecular weight excluding hydrogens is 357 g/mol. The van der Waals surface area contributed by atoms with E-state index in [0.717, 1.165) is 5.56 Å². The molecular formula is C18H12FN3OS2. The second kappa shape index (κ2) is 6.42. The molecule has 4 aromatic rings. The van der Waals surface area contributed by atoms with E-state index in [9.17, 15) is 9.18 Å². The first-order valence-corrected chi connectivity index (χ1v) is 9.49. The first-order chi connectivity index (χ1) is 12.1. The van der Waals surface area contributed by atoms with E-state index < -0.39 is 0 Å². The van der Waals surface area contributed by atoms with Crippen LogP contribution in [0.15, 0.2) is 58.2 Å². The molecule has 0 spiro atoms. The van der Waals surface area contributed by atoms with E-state index in [4.69, 9.17) is 0 Å². The first-order valence-electron chi connectivity index (χ1n) is 7.45. The Morgan fingerprint density at radius 3 is 2.48 bits per heavy atom. The first kappa shape index (κ1) is 16.0. The van der Waals surface area contributed by atoms with Crippen molar-refractivity contribution in [2.45, 2.75) is 4.90 Å². The number of aromatic nitrogens is 3. The molecule has 0 bridgehead atoms. The Labute approximate surface area is 150 Å². The standard InChI is InChI=1S/C18H12FN3OS2/c1-24-14-8-2-11(3-9-14)10-15-17(23)22-18(25-15)20-16(21-22)12-4-6-13(19)7-5-12/h2-10H,1H3. The van der Waals surface area contributed by atoms with Gasteiger partial charge in [0.2, 0.25) is 4.96 Å². The Kier molecular flexibility index (Phi) is 4.10. The van der Waals surface area contributed by atoms with Gasteiger partial charge in [0.05, 0.1) is 4.53 Å². The highest BCUT2D eigenvalue weighted by molar-refractivity contribution is 7.98. The van der Waals surface area contributed by atoms with E-state index in [1.54, 1.807) is 23.9 Å². The molecule has 0 aliphatic heterocycles. The van der Waals surface area contributed by atoms with Gasteiger partial charge in [0.15, 0.2) is 5.82 Å². The second-order valence-corrected chi connectivity index (χ2v) is 7.21. The molecule has 0 atom stereocenters. The van der Waals surface area contributed by atoms with Gasteiger partial charge in [0, 0.05) is 10.5 Å². The van der Waals surface area contributed by atoms with Crippen LogP contribution in [0.5, 0.6) is 0 Å². The van der Waals surface area contributed by atoms with Crippen LogP contribution >= 0.6 is 23.1 Å². The number of rotatable bonds is 3. The molecule has 4 rings (SSSR count). The topological polar surface area (TPSA) is 47.3 Å². The van der Waals surface area contributed by atoms with Crippen LogP contribution < -0.4 is 10.1 Å². The normalized spacial score (nSPS) is 12.2. The molecule has 7 heteroatoms. The molecule has 0 aliphatic rings. The smallest absolute Gasteiger partial charge is 0.266 e. The fourth-order valence-corrected chi connectivity index (χ4v) is 3.72. The van der Waals surface area contributed by atoms with Crippen LogP contribution in [0.3, 0.4) is 0 Å². The van der Waals surface area contributed by atoms with Gasteiger partial charge in [-0.3, -0.25) is 4.79 Å². The SMILES string of the molecule is CSc1ccc(C=c2sc3nc(-c4ccc(F)cc4)nn3c2=O)cc1. The predicted octanol–water partition coefficient (Wildman–Crippen LogP) is 3.23. The fourth-order valence-electron chi connectivity index (χ4n) is 2.41. The molecule has 2 aromatic heterocycles. The van der Waals surface area contributed by atoms with Crippen LogP contribution in [-0.2, 0) is 0 Å². The van der Waals surface area contributed by atoms with Gasteiger partial charge in [-0.1, -0.05) is 23.5 Å². The highest BCUT2D eigenvalue weighted by Gasteiger charge is 2.12. The van der Waals surface area contributed by atoms with Gasteiger partial charge in [0.1, 0.15) is 5.82 Å². The van der Waals surface area contributed by atoms with E-state index in [-0.39, 0.29) is 11.4 Å². The number of hydrogen-bond donors (Lipinski definition) is 0. The zero-order valence-corrected chi connectivity index (χ0v) is 14.8. The number of halogens is 1. The van der Waals surface area contributed by atoms with Gasteiger partial charge in [0.25, 0.3) is 5.56 Å². The third kappa shape index (κ3) is 3.08. The largest absolute Gasteiger partial charge is 0.291 e. The maximum absolute atomic E-state index is 13.0. The Hall–Kier alpha value is -2.51. The minimum absolute atomic E-state index is 0.199. The molecule has 2 aromatic carbocycles. The maximum atomic E-state index is 13.0. The van der Waals surface area contributed by atoms with Gasteiger partial charge in [-0.2, -0.15) is 9.50 Å². The van der Waals surface area contributed by atoms with Gasteiger partial charge >= 0.3 is 0 Å². The summed E-state index contributed by atoms with van der Waals surface area (Å²) in [7, 11) is 0. The summed E-state index contributed by atoms with van der Waals surface area (Å²) in [5.74, 6) is 0.0953. The van der Waals surface area contributed by atoms with Crippen LogP contribution in [0.4, 0.5) is 4.39 Å². The van der Waals surface area contributed by atoms with Crippen LogP contribution in [0.25, 0.3) is 22.4 Å². The van der Waals surface area contributed by atoms with E-state index in [1.165, 1.54) is 32.9 Å². The average Bonchev–Trinajstić information content (AvgIpc) is 3.16. The number of thioether (sulfide) groups is 1. The third-order valence-corrected chi connectivity index (χ3v) is 5.40. The van der Waals surface area contributed by atoms with E-state index in [1.807, 2.05) is 36.6 Å². The summed E-state index contributed by atoms with van der Waals surface area (Å²) in [6.45, 7) is 0. The van der Waals surface area contributed by atoms with Crippen molar-refractivity contribution in [3.8, 4) is 11.4 Å². The Bertz CT molecular complexity index is 1150. The molecule has 2 heterocycles. The van der Waals surface area contributed by atoms with Gasteiger partial charge in [-0.15, -0.1) is 16.9 Å². The number of hydrogen-bond acceptors (Lipinski definition) is 5. The van der Waals surface area contributed by atoms with Crippen molar-refractivity contribution in [3.63, 3.8) is 0 Å². The molecule has 0 radical (unpaired) electrons. The predicted molar refractivity (Wildman–Crippen MR) is 99.5 cm³/mol. The monoisotopic (exact) mass is 369 g/mol. The summed E-state index contributed by atoms with van der Waals surface area (Å²) in [6.07, 6.45) is 3.86. The quantitative estimate of drug-likeness (QED) is 0.520. The molecule has 0 saturated heterocycles. The van der Waals surface area contributed by atoms with Crippen molar-refractivity contribution in [2.75, 3.05) is 6.26 Å². The zero-order chi connectivity index (χ0) is 17.4. The molecule has 124 valence electrons. The van der Waals surface area contributed by atoms with Crippen molar-refractivity contribution in [3.05, 3.63) is 74.8 Å². The summed E-state index contributed by atoms with van der Waals surface area (Å²) < 4.78 is 14.9. The van der Waals surface area contributed by atoms with Crippen LogP contribution in [0.2, 0.25) is 0 Å². The summed E-state index contributed by atoms with van der Waals surface area (Å²) in [4.78, 5) is 18.6. The summed E-state index contributed by atoms with van der Waals surface area (Å²) in [5.41, 5.74) is 1.43. The van der Waals surface area contributed by atoms with Crippen LogP contribution in [0, 0.1) is 5.82 Å². The summed E-state index contributed by atoms with van der Waals surface area (Å²) >= 11 is 2.96. The van der Waals surface area contributed by atoms with Crippen LogP contribution in [0.1, 0.15) is 5.56 Å². The number of nitrogens with zero attached hydrogens (tertiary/aromatic N) is 3. The lowest BCUT2D eigenvalue weighted by molar-refractivity contribution is 0.628. The molecule has 4 nitrogen and oxygen atoms in total. The van der Waals surface area contributed by atoms with Crippen molar-refractivity contribution in [1.29, 1.82) is 0 Å². The van der Waals surface area contributed by atoms with E-state index >= 15 is 0 Å². The Morgan fingerprint density at radius 1 is 1.12 bits per heavy atom. The van der Waals surface area contributed by atoms with Crippen molar-refractivity contribution < 1.29 is 4.39 Å². The number of thiazole rings is 1. The highest BCUT2D eigenvalue weighted by atomic mass is 32.2. The van der Waals surface area contributed by atoms with Gasteiger partial charge < -0.3 is 0 Å². The average molecular weight is 369 g/mol. The Balaban J connectivity index is 1.76. The maximum Gasteiger partial charge on any atom is 0.291 e. The van der Waals surface area contributed by atoms with Crippen LogP contribution in [-0.4, -0.2) is 20.9 Å². The molecule has 0 N–H and O–H groups in total. The van der Waals surface area contributed by atoms with E-state index in [0.29, 0.717) is 20.9 Å². The molecule has 0 aliphatic carbocycles. The molecule has 0 unspecified atom stereocenters. The molecule has 0 amide bonds. The zero-order valence-electron chi connectivity index (χ0n) is 13.1. The third-order valence-electron chi connectivity index (χ3n) is 3.70. The van der Waals surface area contributed by atoms with E-state index in [2.05, 4.69) is 10.1 Å². The molecule has 0 fully saturated rings. The van der Waals surface area contributed by atoms with Crippen molar-refractivity contribution in [2.24, 2.45) is 0 Å². The summed E-state index contributed by atoms with van der Waals surface area (Å²) in [6, 6.07) is 13.9. The highest BCUT2D eigenvalue weighted by Crippen LogP contribution is 2.17. The number of fused-ring (bicyclic) bond motifs is 1. The minimum atomic E-state index is -0.321. The molecule has 25 heavy (non-hydrogen) atoms. The van der Waals surface area contributed by atoms with Gasteiger partial charge in [-0.25, -0.2) is 4.39 Å². The number of benzene rings is 2. The summed E-state index contributed by atoms with van der Waals surface area (Å²) in [5, 5.41) is 4.26.